The van der Waals surface area contributed by atoms with Crippen LogP contribution in [0.2, 0.25) is 5.02 Å². The van der Waals surface area contributed by atoms with E-state index in [-0.39, 0.29) is 11.8 Å². The standard InChI is InChI=1S/C10H10ClN3O.C6H9N3O3.C2H6/c1-14-6-9(12-13-14)7-15-10-4-2-3-8(11)5-10;1-3-8-4-5(9(10)11)7-6(8)12-2;1-2/h2-6H,7H2,1H3;4H,3H2,1-2H3;1-2H3. The number of halogens is 1. The monoisotopic (exact) mass is 424 g/mol. The minimum Gasteiger partial charge on any atom is -0.487 e. The molecule has 0 amide bonds. The zero-order valence-corrected chi connectivity index (χ0v) is 17.8. The Bertz CT molecular complexity index is 875. The molecule has 158 valence electrons. The fourth-order valence-electron chi connectivity index (χ4n) is 2.04. The predicted octanol–water partition coefficient (Wildman–Crippen LogP) is 3.89. The molecule has 29 heavy (non-hydrogen) atoms. The van der Waals surface area contributed by atoms with Crippen LogP contribution in [0.3, 0.4) is 0 Å². The number of hydrogen-bond donors (Lipinski definition) is 0. The molecule has 3 rings (SSSR count). The maximum absolute atomic E-state index is 10.3. The van der Waals surface area contributed by atoms with Crippen LogP contribution in [0.25, 0.3) is 0 Å². The molecule has 0 bridgehead atoms. The number of nitrogens with zero attached hydrogens (tertiary/aromatic N) is 6. The molecule has 0 aliphatic heterocycles. The maximum atomic E-state index is 10.3. The second kappa shape index (κ2) is 12.3. The number of methoxy groups -OCH3 is 1. The fraction of sp³-hybridized carbons (Fsp3) is 0.389. The van der Waals surface area contributed by atoms with E-state index in [9.17, 15) is 10.1 Å². The minimum absolute atomic E-state index is 0.186. The van der Waals surface area contributed by atoms with Gasteiger partial charge in [0.25, 0.3) is 0 Å². The Morgan fingerprint density at radius 1 is 1.28 bits per heavy atom. The average Bonchev–Trinajstić information content (AvgIpc) is 3.34. The van der Waals surface area contributed by atoms with E-state index < -0.39 is 4.92 Å². The summed E-state index contributed by atoms with van der Waals surface area (Å²) in [5, 5.41) is 18.6. The highest BCUT2D eigenvalue weighted by atomic mass is 35.5. The fourth-order valence-corrected chi connectivity index (χ4v) is 2.22. The Balaban J connectivity index is 0.000000273. The van der Waals surface area contributed by atoms with Gasteiger partial charge in [0, 0.05) is 23.6 Å². The second-order valence-corrected chi connectivity index (χ2v) is 5.69. The van der Waals surface area contributed by atoms with E-state index >= 15 is 0 Å². The molecule has 0 radical (unpaired) electrons. The lowest BCUT2D eigenvalue weighted by atomic mass is 10.3. The number of aryl methyl sites for hydroxylation is 2. The first kappa shape index (κ1) is 23.9. The van der Waals surface area contributed by atoms with Crippen molar-refractivity contribution >= 4 is 17.4 Å². The Labute approximate surface area is 174 Å². The van der Waals surface area contributed by atoms with Crippen molar-refractivity contribution < 1.29 is 14.4 Å². The number of imidazole rings is 1. The van der Waals surface area contributed by atoms with Gasteiger partial charge in [-0.2, -0.15) is 0 Å². The van der Waals surface area contributed by atoms with Gasteiger partial charge >= 0.3 is 11.8 Å². The number of aromatic nitrogens is 5. The molecule has 1 aromatic carbocycles. The smallest absolute Gasteiger partial charge is 0.413 e. The van der Waals surface area contributed by atoms with Crippen LogP contribution in [0.15, 0.2) is 36.7 Å². The van der Waals surface area contributed by atoms with Gasteiger partial charge in [-0.05, 0) is 30.0 Å². The molecule has 0 spiro atoms. The van der Waals surface area contributed by atoms with Crippen molar-refractivity contribution in [1.29, 1.82) is 0 Å². The minimum atomic E-state index is -0.547. The first-order chi connectivity index (χ1) is 13.9. The lowest BCUT2D eigenvalue weighted by Gasteiger charge is -2.03. The van der Waals surface area contributed by atoms with E-state index in [1.54, 1.807) is 21.4 Å². The Kier molecular flexibility index (Phi) is 10.2. The molecule has 2 heterocycles. The lowest BCUT2D eigenvalue weighted by Crippen LogP contribution is -1.96. The summed E-state index contributed by atoms with van der Waals surface area (Å²) in [6.45, 7) is 6.85. The number of benzene rings is 1. The summed E-state index contributed by atoms with van der Waals surface area (Å²) in [6.07, 6.45) is 3.16. The SMILES string of the molecule is CC.CCn1cc([N+](=O)[O-])nc1OC.Cn1cc(COc2cccc(Cl)c2)nn1. The molecule has 11 heteroatoms. The molecule has 0 saturated carbocycles. The Hall–Kier alpha value is -3.14. The van der Waals surface area contributed by atoms with Gasteiger partial charge in [-0.25, -0.2) is 0 Å². The quantitative estimate of drug-likeness (QED) is 0.436. The highest BCUT2D eigenvalue weighted by Crippen LogP contribution is 2.18. The van der Waals surface area contributed by atoms with Crippen molar-refractivity contribution in [2.24, 2.45) is 7.05 Å². The largest absolute Gasteiger partial charge is 0.487 e. The highest BCUT2D eigenvalue weighted by molar-refractivity contribution is 6.30. The van der Waals surface area contributed by atoms with E-state index in [4.69, 9.17) is 21.1 Å². The van der Waals surface area contributed by atoms with Gasteiger partial charge in [-0.3, -0.25) is 9.25 Å². The van der Waals surface area contributed by atoms with Crippen molar-refractivity contribution in [1.82, 2.24) is 24.5 Å². The molecule has 0 unspecified atom stereocenters. The van der Waals surface area contributed by atoms with E-state index in [2.05, 4.69) is 15.3 Å². The van der Waals surface area contributed by atoms with Crippen LogP contribution in [0, 0.1) is 10.1 Å². The molecule has 3 aromatic rings. The Morgan fingerprint density at radius 3 is 2.48 bits per heavy atom. The van der Waals surface area contributed by atoms with Gasteiger partial charge < -0.3 is 19.6 Å². The summed E-state index contributed by atoms with van der Waals surface area (Å²) in [6, 6.07) is 7.52. The molecular weight excluding hydrogens is 400 g/mol. The summed E-state index contributed by atoms with van der Waals surface area (Å²) >= 11 is 5.82. The topological polar surface area (TPSA) is 110 Å². The van der Waals surface area contributed by atoms with Gasteiger partial charge in [-0.15, -0.1) is 5.10 Å². The molecule has 0 aliphatic carbocycles. The molecular formula is C18H25ClN6O4. The molecule has 0 fully saturated rings. The van der Waals surface area contributed by atoms with E-state index in [1.165, 1.54) is 13.3 Å². The number of rotatable bonds is 6. The molecule has 0 saturated heterocycles. The molecule has 10 nitrogen and oxygen atoms in total. The summed E-state index contributed by atoms with van der Waals surface area (Å²) in [5.41, 5.74) is 0.789. The molecule has 0 N–H and O–H groups in total. The van der Waals surface area contributed by atoms with Crippen molar-refractivity contribution in [2.45, 2.75) is 33.9 Å². The second-order valence-electron chi connectivity index (χ2n) is 5.26. The van der Waals surface area contributed by atoms with Gasteiger partial charge in [-0.1, -0.05) is 36.7 Å². The highest BCUT2D eigenvalue weighted by Gasteiger charge is 2.17. The van der Waals surface area contributed by atoms with Gasteiger partial charge in [0.1, 0.15) is 24.2 Å². The lowest BCUT2D eigenvalue weighted by molar-refractivity contribution is -0.389. The van der Waals surface area contributed by atoms with E-state index in [0.29, 0.717) is 18.2 Å². The normalized spacial score (nSPS) is 9.59. The van der Waals surface area contributed by atoms with Gasteiger partial charge in [0.05, 0.1) is 13.3 Å². The number of hydrogen-bond acceptors (Lipinski definition) is 7. The zero-order chi connectivity index (χ0) is 21.8. The van der Waals surface area contributed by atoms with Crippen LogP contribution in [0.4, 0.5) is 5.82 Å². The van der Waals surface area contributed by atoms with Crippen LogP contribution >= 0.6 is 11.6 Å². The third kappa shape index (κ3) is 7.78. The first-order valence-corrected chi connectivity index (χ1v) is 9.29. The van der Waals surface area contributed by atoms with Crippen LogP contribution in [0.1, 0.15) is 26.5 Å². The Morgan fingerprint density at radius 2 is 2.00 bits per heavy atom. The average molecular weight is 425 g/mol. The summed E-state index contributed by atoms with van der Waals surface area (Å²) in [5.74, 6) is 0.543. The van der Waals surface area contributed by atoms with Crippen LogP contribution in [0.5, 0.6) is 11.8 Å². The number of ether oxygens (including phenoxy) is 2. The van der Waals surface area contributed by atoms with E-state index in [0.717, 1.165) is 11.4 Å². The summed E-state index contributed by atoms with van der Waals surface area (Å²) in [7, 11) is 3.24. The van der Waals surface area contributed by atoms with Crippen molar-refractivity contribution in [3.8, 4) is 11.8 Å². The third-order valence-corrected chi connectivity index (χ3v) is 3.51. The van der Waals surface area contributed by atoms with E-state index in [1.807, 2.05) is 46.1 Å². The van der Waals surface area contributed by atoms with Crippen LogP contribution < -0.4 is 9.47 Å². The molecule has 0 aliphatic rings. The van der Waals surface area contributed by atoms with Crippen molar-refractivity contribution in [3.63, 3.8) is 0 Å². The maximum Gasteiger partial charge on any atom is 0.413 e. The summed E-state index contributed by atoms with van der Waals surface area (Å²) in [4.78, 5) is 13.4. The molecule has 0 atom stereocenters. The number of nitro groups is 1. The summed E-state index contributed by atoms with van der Waals surface area (Å²) < 4.78 is 13.5. The van der Waals surface area contributed by atoms with Crippen LogP contribution in [-0.2, 0) is 20.2 Å². The van der Waals surface area contributed by atoms with Crippen molar-refractivity contribution in [2.75, 3.05) is 7.11 Å². The van der Waals surface area contributed by atoms with Crippen LogP contribution in [-0.4, -0.2) is 36.6 Å². The zero-order valence-electron chi connectivity index (χ0n) is 17.1. The van der Waals surface area contributed by atoms with Gasteiger partial charge in [0.2, 0.25) is 0 Å². The predicted molar refractivity (Wildman–Crippen MR) is 109 cm³/mol. The van der Waals surface area contributed by atoms with Crippen molar-refractivity contribution in [3.05, 3.63) is 57.5 Å². The first-order valence-electron chi connectivity index (χ1n) is 8.92. The molecule has 2 aromatic heterocycles. The van der Waals surface area contributed by atoms with Gasteiger partial charge in [0.15, 0.2) is 0 Å². The third-order valence-electron chi connectivity index (χ3n) is 3.27.